The number of anilines is 1. The maximum Gasteiger partial charge on any atom is 0.435 e. The van der Waals surface area contributed by atoms with Crippen LogP contribution in [0, 0.1) is 0 Å². The van der Waals surface area contributed by atoms with Gasteiger partial charge in [-0.3, -0.25) is 0 Å². The van der Waals surface area contributed by atoms with Crippen LogP contribution in [0.1, 0.15) is 17.7 Å². The van der Waals surface area contributed by atoms with Crippen molar-refractivity contribution in [1.82, 2.24) is 4.98 Å². The molecule has 0 bridgehead atoms. The molecule has 0 radical (unpaired) electrons. The molecule has 0 spiro atoms. The van der Waals surface area contributed by atoms with E-state index in [9.17, 15) is 22.0 Å². The van der Waals surface area contributed by atoms with Gasteiger partial charge in [-0.15, -0.1) is 0 Å². The molecule has 0 aromatic carbocycles. The van der Waals surface area contributed by atoms with Gasteiger partial charge < -0.3 is 5.73 Å². The summed E-state index contributed by atoms with van der Waals surface area (Å²) in [5.74, 6) is 0. The molecular weight excluding hydrogens is 287 g/mol. The van der Waals surface area contributed by atoms with Crippen LogP contribution in [0.15, 0.2) is 10.7 Å². The Bertz CT molecular complexity index is 376. The van der Waals surface area contributed by atoms with Gasteiger partial charge in [0.05, 0.1) is 11.3 Å². The smallest absolute Gasteiger partial charge is 0.397 e. The number of aromatic nitrogens is 1. The van der Waals surface area contributed by atoms with E-state index >= 15 is 0 Å². The SMILES string of the molecule is Nc1cc(C(F)F)c(Br)nc1C(F)(F)F. The van der Waals surface area contributed by atoms with Gasteiger partial charge in [-0.1, -0.05) is 0 Å². The first-order valence-electron chi connectivity index (χ1n) is 3.54. The Labute approximate surface area is 89.4 Å². The Morgan fingerprint density at radius 2 is 1.87 bits per heavy atom. The lowest BCUT2D eigenvalue weighted by atomic mass is 10.2. The zero-order chi connectivity index (χ0) is 11.8. The standard InChI is InChI=1S/C7H4BrF5N2/c8-5-2(6(9)10)1-3(14)4(15-5)7(11,12)13/h1,6H,14H2. The van der Waals surface area contributed by atoms with Crippen LogP contribution < -0.4 is 5.73 Å². The quantitative estimate of drug-likeness (QED) is 0.636. The van der Waals surface area contributed by atoms with Gasteiger partial charge >= 0.3 is 6.18 Å². The Hall–Kier alpha value is -0.920. The molecule has 8 heteroatoms. The minimum Gasteiger partial charge on any atom is -0.397 e. The summed E-state index contributed by atoms with van der Waals surface area (Å²) in [5, 5.41) is 0. The molecule has 0 amide bonds. The van der Waals surface area contributed by atoms with Crippen LogP contribution in [0.25, 0.3) is 0 Å². The van der Waals surface area contributed by atoms with E-state index in [0.29, 0.717) is 6.07 Å². The largest absolute Gasteiger partial charge is 0.435 e. The van der Waals surface area contributed by atoms with Crippen LogP contribution >= 0.6 is 15.9 Å². The average molecular weight is 291 g/mol. The molecular formula is C7H4BrF5N2. The zero-order valence-electron chi connectivity index (χ0n) is 6.95. The highest BCUT2D eigenvalue weighted by Crippen LogP contribution is 2.36. The topological polar surface area (TPSA) is 38.9 Å². The van der Waals surface area contributed by atoms with E-state index in [1.807, 2.05) is 0 Å². The molecule has 2 N–H and O–H groups in total. The molecule has 1 rings (SSSR count). The predicted octanol–water partition coefficient (Wildman–Crippen LogP) is 3.38. The molecule has 84 valence electrons. The summed E-state index contributed by atoms with van der Waals surface area (Å²) in [4.78, 5) is 2.95. The molecule has 0 aliphatic heterocycles. The fourth-order valence-corrected chi connectivity index (χ4v) is 1.37. The molecule has 0 aliphatic rings. The number of halogens is 6. The van der Waals surface area contributed by atoms with E-state index in [2.05, 4.69) is 20.9 Å². The summed E-state index contributed by atoms with van der Waals surface area (Å²) < 4.78 is 60.5. The Balaban J connectivity index is 3.32. The monoisotopic (exact) mass is 290 g/mol. The van der Waals surface area contributed by atoms with E-state index in [-0.39, 0.29) is 0 Å². The minimum absolute atomic E-state index is 0.556. The highest BCUT2D eigenvalue weighted by atomic mass is 79.9. The molecule has 1 heterocycles. The Kier molecular flexibility index (Phi) is 3.17. The van der Waals surface area contributed by atoms with Gasteiger partial charge in [0.25, 0.3) is 6.43 Å². The molecule has 0 fully saturated rings. The van der Waals surface area contributed by atoms with E-state index in [0.717, 1.165) is 0 Å². The highest BCUT2D eigenvalue weighted by molar-refractivity contribution is 9.10. The van der Waals surface area contributed by atoms with Crippen molar-refractivity contribution in [1.29, 1.82) is 0 Å². The number of alkyl halides is 5. The van der Waals surface area contributed by atoms with Crippen LogP contribution in [-0.4, -0.2) is 4.98 Å². The normalized spacial score (nSPS) is 12.2. The minimum atomic E-state index is -4.76. The van der Waals surface area contributed by atoms with Gasteiger partial charge in [0.2, 0.25) is 0 Å². The number of rotatable bonds is 1. The average Bonchev–Trinajstić information content (AvgIpc) is 2.06. The molecule has 0 aliphatic carbocycles. The second kappa shape index (κ2) is 3.92. The van der Waals surface area contributed by atoms with Crippen molar-refractivity contribution >= 4 is 21.6 Å². The summed E-state index contributed by atoms with van der Waals surface area (Å²) in [6, 6.07) is 0.560. The van der Waals surface area contributed by atoms with Crippen LogP contribution in [0.2, 0.25) is 0 Å². The summed E-state index contributed by atoms with van der Waals surface area (Å²) in [6.07, 6.45) is -7.69. The third-order valence-electron chi connectivity index (χ3n) is 1.54. The first kappa shape index (κ1) is 12.2. The van der Waals surface area contributed by atoms with Crippen molar-refractivity contribution < 1.29 is 22.0 Å². The molecule has 0 unspecified atom stereocenters. The maximum absolute atomic E-state index is 12.2. The van der Waals surface area contributed by atoms with Crippen molar-refractivity contribution in [3.63, 3.8) is 0 Å². The fraction of sp³-hybridized carbons (Fsp3) is 0.286. The lowest BCUT2D eigenvalue weighted by Crippen LogP contribution is -2.13. The van der Waals surface area contributed by atoms with Gasteiger partial charge in [-0.2, -0.15) is 13.2 Å². The first-order chi connectivity index (χ1) is 6.73. The van der Waals surface area contributed by atoms with Crippen molar-refractivity contribution in [2.24, 2.45) is 0 Å². The first-order valence-corrected chi connectivity index (χ1v) is 4.34. The van der Waals surface area contributed by atoms with Crippen LogP contribution in [0.5, 0.6) is 0 Å². The number of hydrogen-bond acceptors (Lipinski definition) is 2. The van der Waals surface area contributed by atoms with Crippen molar-refractivity contribution in [3.8, 4) is 0 Å². The molecule has 1 aromatic rings. The number of nitrogen functional groups attached to an aromatic ring is 1. The summed E-state index contributed by atoms with van der Waals surface area (Å²) in [7, 11) is 0. The predicted molar refractivity (Wildman–Crippen MR) is 46.3 cm³/mol. The van der Waals surface area contributed by atoms with Gasteiger partial charge in [-0.25, -0.2) is 13.8 Å². The maximum atomic E-state index is 12.2. The van der Waals surface area contributed by atoms with E-state index < -0.39 is 34.1 Å². The van der Waals surface area contributed by atoms with Crippen molar-refractivity contribution in [3.05, 3.63) is 21.9 Å². The molecule has 1 aromatic heterocycles. The number of nitrogens with two attached hydrogens (primary N) is 1. The lowest BCUT2D eigenvalue weighted by molar-refractivity contribution is -0.140. The Morgan fingerprint density at radius 3 is 2.27 bits per heavy atom. The Morgan fingerprint density at radius 1 is 1.33 bits per heavy atom. The van der Waals surface area contributed by atoms with Gasteiger partial charge in [0.15, 0.2) is 5.69 Å². The van der Waals surface area contributed by atoms with Crippen molar-refractivity contribution in [2.45, 2.75) is 12.6 Å². The summed E-state index contributed by atoms with van der Waals surface area (Å²) in [5.41, 5.74) is 2.12. The number of pyridine rings is 1. The van der Waals surface area contributed by atoms with E-state index in [4.69, 9.17) is 5.73 Å². The third kappa shape index (κ3) is 2.55. The van der Waals surface area contributed by atoms with Crippen LogP contribution in [0.4, 0.5) is 27.6 Å². The van der Waals surface area contributed by atoms with Gasteiger partial charge in [-0.05, 0) is 22.0 Å². The fourth-order valence-electron chi connectivity index (χ4n) is 0.903. The highest BCUT2D eigenvalue weighted by Gasteiger charge is 2.36. The van der Waals surface area contributed by atoms with Crippen molar-refractivity contribution in [2.75, 3.05) is 5.73 Å². The molecule has 0 atom stereocenters. The van der Waals surface area contributed by atoms with Crippen LogP contribution in [-0.2, 0) is 6.18 Å². The molecule has 0 saturated heterocycles. The third-order valence-corrected chi connectivity index (χ3v) is 2.17. The van der Waals surface area contributed by atoms with E-state index in [1.54, 1.807) is 0 Å². The number of nitrogens with zero attached hydrogens (tertiary/aromatic N) is 1. The summed E-state index contributed by atoms with van der Waals surface area (Å²) >= 11 is 2.53. The zero-order valence-corrected chi connectivity index (χ0v) is 8.53. The molecule has 0 saturated carbocycles. The molecule has 15 heavy (non-hydrogen) atoms. The van der Waals surface area contributed by atoms with E-state index in [1.165, 1.54) is 0 Å². The summed E-state index contributed by atoms with van der Waals surface area (Å²) in [6.45, 7) is 0. The lowest BCUT2D eigenvalue weighted by Gasteiger charge is -2.11. The van der Waals surface area contributed by atoms with Gasteiger partial charge in [0.1, 0.15) is 4.60 Å². The van der Waals surface area contributed by atoms with Gasteiger partial charge in [0, 0.05) is 0 Å². The van der Waals surface area contributed by atoms with Crippen LogP contribution in [0.3, 0.4) is 0 Å². The number of hydrogen-bond donors (Lipinski definition) is 1. The second-order valence-electron chi connectivity index (χ2n) is 2.60. The second-order valence-corrected chi connectivity index (χ2v) is 3.36. The molecule has 2 nitrogen and oxygen atoms in total.